The minimum atomic E-state index is -0.134. The third kappa shape index (κ3) is 4.71. The van der Waals surface area contributed by atoms with E-state index in [1.165, 1.54) is 18.0 Å². The Kier molecular flexibility index (Phi) is 5.76. The monoisotopic (exact) mass is 387 g/mol. The highest BCUT2D eigenvalue weighted by Crippen LogP contribution is 2.22. The van der Waals surface area contributed by atoms with Gasteiger partial charge in [-0.2, -0.15) is 0 Å². The molecule has 0 aliphatic carbocycles. The van der Waals surface area contributed by atoms with Crippen LogP contribution in [-0.4, -0.2) is 54.4 Å². The van der Waals surface area contributed by atoms with Gasteiger partial charge in [-0.25, -0.2) is 4.98 Å². The summed E-state index contributed by atoms with van der Waals surface area (Å²) in [5.41, 5.74) is 2.16. The van der Waals surface area contributed by atoms with Gasteiger partial charge in [0, 0.05) is 25.4 Å². The van der Waals surface area contributed by atoms with Crippen LogP contribution in [-0.2, 0) is 11.3 Å². The molecule has 1 aliphatic rings. The molecule has 2 aromatic heterocycles. The number of nitrogens with one attached hydrogen (secondary N) is 1. The van der Waals surface area contributed by atoms with Gasteiger partial charge in [-0.05, 0) is 18.2 Å². The molecule has 7 nitrogen and oxygen atoms in total. The van der Waals surface area contributed by atoms with Crippen LogP contribution in [0.5, 0.6) is 0 Å². The zero-order chi connectivity index (χ0) is 18.5. The molecule has 27 heavy (non-hydrogen) atoms. The Morgan fingerprint density at radius 1 is 1.26 bits per heavy atom. The molecule has 1 fully saturated rings. The maximum absolute atomic E-state index is 12.2. The average molecular weight is 387 g/mol. The number of rotatable bonds is 7. The van der Waals surface area contributed by atoms with Crippen LogP contribution in [0.3, 0.4) is 0 Å². The summed E-state index contributed by atoms with van der Waals surface area (Å²) >= 11 is 1.48. The van der Waals surface area contributed by atoms with E-state index in [2.05, 4.69) is 15.2 Å². The highest BCUT2D eigenvalue weighted by atomic mass is 32.2. The number of thioether (sulfide) groups is 1. The van der Waals surface area contributed by atoms with Gasteiger partial charge >= 0.3 is 0 Å². The van der Waals surface area contributed by atoms with Crippen molar-refractivity contribution in [3.05, 3.63) is 47.9 Å². The number of hydrogen-bond acceptors (Lipinski definition) is 7. The van der Waals surface area contributed by atoms with Crippen molar-refractivity contribution in [3.63, 3.8) is 0 Å². The Morgan fingerprint density at radius 3 is 2.96 bits per heavy atom. The van der Waals surface area contributed by atoms with Gasteiger partial charge in [0.15, 0.2) is 5.58 Å². The van der Waals surface area contributed by atoms with Crippen LogP contribution in [0.1, 0.15) is 16.1 Å². The van der Waals surface area contributed by atoms with Crippen LogP contribution in [0.4, 0.5) is 0 Å². The lowest BCUT2D eigenvalue weighted by Crippen LogP contribution is -2.35. The van der Waals surface area contributed by atoms with E-state index in [-0.39, 0.29) is 5.91 Å². The number of oxazole rings is 1. The van der Waals surface area contributed by atoms with E-state index < -0.39 is 0 Å². The maximum atomic E-state index is 12.2. The summed E-state index contributed by atoms with van der Waals surface area (Å²) in [6.07, 6.45) is 1.51. The number of para-hydroxylation sites is 2. The molecule has 1 amide bonds. The zero-order valence-electron chi connectivity index (χ0n) is 14.8. The molecular formula is C19H21N3O4S. The number of aromatic nitrogens is 1. The van der Waals surface area contributed by atoms with Crippen LogP contribution in [0.2, 0.25) is 0 Å². The summed E-state index contributed by atoms with van der Waals surface area (Å²) in [6.45, 7) is 4.47. The van der Waals surface area contributed by atoms with Crippen LogP contribution < -0.4 is 5.32 Å². The summed E-state index contributed by atoms with van der Waals surface area (Å²) in [4.78, 5) is 18.9. The van der Waals surface area contributed by atoms with Crippen molar-refractivity contribution in [1.29, 1.82) is 0 Å². The Balaban J connectivity index is 1.22. The minimum absolute atomic E-state index is 0.134. The largest absolute Gasteiger partial charge is 0.467 e. The molecule has 4 rings (SSSR count). The second-order valence-electron chi connectivity index (χ2n) is 6.24. The van der Waals surface area contributed by atoms with Gasteiger partial charge in [0.2, 0.25) is 0 Å². The first-order valence-electron chi connectivity index (χ1n) is 8.92. The lowest BCUT2D eigenvalue weighted by Gasteiger charge is -2.25. The molecule has 3 heterocycles. The zero-order valence-corrected chi connectivity index (χ0v) is 15.7. The fourth-order valence-electron chi connectivity index (χ4n) is 2.88. The number of amides is 1. The molecule has 142 valence electrons. The van der Waals surface area contributed by atoms with Gasteiger partial charge in [-0.15, -0.1) is 0 Å². The maximum Gasteiger partial charge on any atom is 0.256 e. The third-order valence-corrected chi connectivity index (χ3v) is 5.12. The van der Waals surface area contributed by atoms with Crippen molar-refractivity contribution in [2.75, 3.05) is 38.6 Å². The smallest absolute Gasteiger partial charge is 0.256 e. The molecule has 0 saturated carbocycles. The van der Waals surface area contributed by atoms with Crippen molar-refractivity contribution in [2.24, 2.45) is 0 Å². The van der Waals surface area contributed by atoms with Gasteiger partial charge < -0.3 is 18.9 Å². The van der Waals surface area contributed by atoms with E-state index in [9.17, 15) is 4.79 Å². The SMILES string of the molecule is O=C(NCCSc1nc2ccccc2o1)c1coc(CN2CCOCC2)c1. The lowest BCUT2D eigenvalue weighted by atomic mass is 10.2. The standard InChI is InChI=1S/C19H21N3O4S/c23-18(14-11-15(25-13-14)12-22-6-8-24-9-7-22)20-5-10-27-19-21-16-3-1-2-4-17(16)26-19/h1-4,11,13H,5-10,12H2,(H,20,23). The first kappa shape index (κ1) is 18.1. The van der Waals surface area contributed by atoms with Crippen molar-refractivity contribution < 1.29 is 18.4 Å². The predicted molar refractivity (Wildman–Crippen MR) is 102 cm³/mol. The number of ether oxygens (including phenoxy) is 1. The van der Waals surface area contributed by atoms with Gasteiger partial charge in [-0.1, -0.05) is 23.9 Å². The van der Waals surface area contributed by atoms with Crippen molar-refractivity contribution in [3.8, 4) is 0 Å². The molecule has 8 heteroatoms. The summed E-state index contributed by atoms with van der Waals surface area (Å²) < 4.78 is 16.5. The molecule has 3 aromatic rings. The first-order chi connectivity index (χ1) is 13.3. The molecule has 1 aliphatic heterocycles. The Morgan fingerprint density at radius 2 is 2.11 bits per heavy atom. The number of furan rings is 1. The summed E-state index contributed by atoms with van der Waals surface area (Å²) in [5, 5.41) is 3.51. The number of fused-ring (bicyclic) bond motifs is 1. The normalized spacial score (nSPS) is 15.3. The van der Waals surface area contributed by atoms with Crippen LogP contribution in [0, 0.1) is 0 Å². The molecule has 0 atom stereocenters. The molecule has 1 saturated heterocycles. The number of hydrogen-bond donors (Lipinski definition) is 1. The van der Waals surface area contributed by atoms with E-state index in [1.54, 1.807) is 6.07 Å². The van der Waals surface area contributed by atoms with E-state index in [4.69, 9.17) is 13.6 Å². The Bertz CT molecular complexity index is 868. The van der Waals surface area contributed by atoms with Crippen LogP contribution in [0.25, 0.3) is 11.1 Å². The fourth-order valence-corrected chi connectivity index (χ4v) is 3.57. The van der Waals surface area contributed by atoms with Gasteiger partial charge in [0.05, 0.1) is 25.3 Å². The van der Waals surface area contributed by atoms with Crippen LogP contribution >= 0.6 is 11.8 Å². The molecule has 0 unspecified atom stereocenters. The summed E-state index contributed by atoms with van der Waals surface area (Å²) in [7, 11) is 0. The van der Waals surface area contributed by atoms with E-state index >= 15 is 0 Å². The second-order valence-corrected chi connectivity index (χ2v) is 7.29. The quantitative estimate of drug-likeness (QED) is 0.493. The third-order valence-electron chi connectivity index (χ3n) is 4.29. The molecule has 1 N–H and O–H groups in total. The topological polar surface area (TPSA) is 80.7 Å². The van der Waals surface area contributed by atoms with E-state index in [0.717, 1.165) is 43.2 Å². The predicted octanol–water partition coefficient (Wildman–Crippen LogP) is 2.78. The van der Waals surface area contributed by atoms with Gasteiger partial charge in [0.1, 0.15) is 17.5 Å². The number of carbonyl (C=O) groups excluding carboxylic acids is 1. The molecule has 0 spiro atoms. The average Bonchev–Trinajstić information content (AvgIpc) is 3.32. The van der Waals surface area contributed by atoms with Gasteiger partial charge in [0.25, 0.3) is 11.1 Å². The van der Waals surface area contributed by atoms with E-state index in [0.29, 0.717) is 29.6 Å². The number of carbonyl (C=O) groups is 1. The summed E-state index contributed by atoms with van der Waals surface area (Å²) in [5.74, 6) is 1.34. The van der Waals surface area contributed by atoms with E-state index in [1.807, 2.05) is 24.3 Å². The Hall–Kier alpha value is -2.29. The number of morpholine rings is 1. The van der Waals surface area contributed by atoms with Crippen molar-refractivity contribution >= 4 is 28.8 Å². The number of nitrogens with zero attached hydrogens (tertiary/aromatic N) is 2. The highest BCUT2D eigenvalue weighted by molar-refractivity contribution is 7.99. The lowest BCUT2D eigenvalue weighted by molar-refractivity contribution is 0.0313. The minimum Gasteiger partial charge on any atom is -0.467 e. The summed E-state index contributed by atoms with van der Waals surface area (Å²) in [6, 6.07) is 9.45. The molecule has 0 bridgehead atoms. The molecule has 0 radical (unpaired) electrons. The van der Waals surface area contributed by atoms with Crippen molar-refractivity contribution in [2.45, 2.75) is 11.8 Å². The second kappa shape index (κ2) is 8.60. The Labute approximate surface area is 161 Å². The molecular weight excluding hydrogens is 366 g/mol. The molecule has 1 aromatic carbocycles. The fraction of sp³-hybridized carbons (Fsp3) is 0.368. The van der Waals surface area contributed by atoms with Gasteiger partial charge in [-0.3, -0.25) is 9.69 Å². The van der Waals surface area contributed by atoms with Crippen molar-refractivity contribution in [1.82, 2.24) is 15.2 Å². The first-order valence-corrected chi connectivity index (χ1v) is 9.90. The number of benzene rings is 1. The highest BCUT2D eigenvalue weighted by Gasteiger charge is 2.15. The van der Waals surface area contributed by atoms with Crippen LogP contribution in [0.15, 0.2) is 50.7 Å².